The molecule has 13 heavy (non-hydrogen) atoms. The minimum absolute atomic E-state index is 0.173. The third-order valence-corrected chi connectivity index (χ3v) is 4.68. The van der Waals surface area contributed by atoms with Crippen molar-refractivity contribution < 1.29 is 8.42 Å². The molecule has 0 saturated carbocycles. The Balaban J connectivity index is 2.38. The zero-order valence-corrected chi connectivity index (χ0v) is 8.65. The van der Waals surface area contributed by atoms with Crippen LogP contribution in [0.5, 0.6) is 0 Å². The Bertz CT molecular complexity index is 239. The van der Waals surface area contributed by atoms with Gasteiger partial charge in [-0.05, 0) is 12.8 Å². The highest BCUT2D eigenvalue weighted by atomic mass is 32.2. The third-order valence-electron chi connectivity index (χ3n) is 2.41. The fourth-order valence-corrected chi connectivity index (χ4v) is 3.45. The Labute approximate surface area is 79.8 Å². The number of sulfone groups is 1. The van der Waals surface area contributed by atoms with Crippen molar-refractivity contribution in [3.8, 4) is 0 Å². The largest absolute Gasteiger partial charge is 0.329 e. The van der Waals surface area contributed by atoms with Crippen molar-refractivity contribution in [2.75, 3.05) is 25.4 Å². The van der Waals surface area contributed by atoms with Gasteiger partial charge < -0.3 is 11.1 Å². The van der Waals surface area contributed by atoms with Crippen LogP contribution in [0.1, 0.15) is 19.3 Å². The van der Waals surface area contributed by atoms with Crippen LogP contribution in [0.2, 0.25) is 0 Å². The molecule has 1 saturated heterocycles. The average molecular weight is 206 g/mol. The first-order valence-electron chi connectivity index (χ1n) is 4.79. The van der Waals surface area contributed by atoms with Crippen LogP contribution in [-0.4, -0.2) is 39.1 Å². The number of nitrogens with two attached hydrogens (primary N) is 1. The van der Waals surface area contributed by atoms with Crippen molar-refractivity contribution in [3.63, 3.8) is 0 Å². The van der Waals surface area contributed by atoms with E-state index < -0.39 is 9.84 Å². The number of hydrogen-bond donors (Lipinski definition) is 2. The second kappa shape index (κ2) is 4.93. The molecule has 3 N–H and O–H groups in total. The maximum absolute atomic E-state index is 11.5. The molecule has 1 heterocycles. The first-order valence-corrected chi connectivity index (χ1v) is 6.50. The molecule has 0 aromatic heterocycles. The van der Waals surface area contributed by atoms with Gasteiger partial charge in [0.25, 0.3) is 0 Å². The van der Waals surface area contributed by atoms with Crippen molar-refractivity contribution in [1.82, 2.24) is 5.32 Å². The molecule has 5 heteroatoms. The highest BCUT2D eigenvalue weighted by Crippen LogP contribution is 2.18. The molecule has 0 bridgehead atoms. The van der Waals surface area contributed by atoms with Crippen LogP contribution in [0.3, 0.4) is 0 Å². The molecule has 1 aliphatic heterocycles. The SMILES string of the molecule is NCCNCC1CCCCS1(=O)=O. The standard InChI is InChI=1S/C8H18N2O2S/c9-4-5-10-7-8-3-1-2-6-13(8,11)12/h8,10H,1-7,9H2. The Morgan fingerprint density at radius 2 is 2.15 bits per heavy atom. The van der Waals surface area contributed by atoms with Gasteiger partial charge in [-0.3, -0.25) is 0 Å². The lowest BCUT2D eigenvalue weighted by atomic mass is 10.2. The zero-order chi connectivity index (χ0) is 9.73. The Morgan fingerprint density at radius 3 is 2.77 bits per heavy atom. The predicted molar refractivity (Wildman–Crippen MR) is 53.3 cm³/mol. The third kappa shape index (κ3) is 3.25. The number of hydrogen-bond acceptors (Lipinski definition) is 4. The molecule has 0 radical (unpaired) electrons. The van der Waals surface area contributed by atoms with Gasteiger partial charge in [0.05, 0.1) is 11.0 Å². The summed E-state index contributed by atoms with van der Waals surface area (Å²) in [7, 11) is -2.81. The van der Waals surface area contributed by atoms with Crippen LogP contribution in [0, 0.1) is 0 Å². The lowest BCUT2D eigenvalue weighted by Gasteiger charge is -2.22. The second-order valence-corrected chi connectivity index (χ2v) is 5.88. The van der Waals surface area contributed by atoms with Crippen LogP contribution in [0.4, 0.5) is 0 Å². The van der Waals surface area contributed by atoms with E-state index in [9.17, 15) is 8.42 Å². The summed E-state index contributed by atoms with van der Waals surface area (Å²) in [4.78, 5) is 0. The summed E-state index contributed by atoms with van der Waals surface area (Å²) in [5.41, 5.74) is 5.30. The average Bonchev–Trinajstić information content (AvgIpc) is 2.08. The monoisotopic (exact) mass is 206 g/mol. The van der Waals surface area contributed by atoms with Crippen molar-refractivity contribution in [2.45, 2.75) is 24.5 Å². The summed E-state index contributed by atoms with van der Waals surface area (Å²) < 4.78 is 23.0. The Morgan fingerprint density at radius 1 is 1.38 bits per heavy atom. The molecule has 0 spiro atoms. The molecule has 0 aromatic rings. The molecular formula is C8H18N2O2S. The van der Waals surface area contributed by atoms with Gasteiger partial charge in [0.15, 0.2) is 9.84 Å². The Kier molecular flexibility index (Phi) is 4.15. The van der Waals surface area contributed by atoms with Gasteiger partial charge in [-0.15, -0.1) is 0 Å². The molecule has 0 amide bonds. The minimum Gasteiger partial charge on any atom is -0.329 e. The minimum atomic E-state index is -2.81. The fourth-order valence-electron chi connectivity index (χ4n) is 1.62. The maximum Gasteiger partial charge on any atom is 0.154 e. The van der Waals surface area contributed by atoms with E-state index in [2.05, 4.69) is 5.32 Å². The molecule has 1 fully saturated rings. The van der Waals surface area contributed by atoms with E-state index >= 15 is 0 Å². The van der Waals surface area contributed by atoms with Gasteiger partial charge in [-0.1, -0.05) is 6.42 Å². The van der Waals surface area contributed by atoms with Crippen molar-refractivity contribution in [3.05, 3.63) is 0 Å². The maximum atomic E-state index is 11.5. The van der Waals surface area contributed by atoms with Crippen LogP contribution < -0.4 is 11.1 Å². The lowest BCUT2D eigenvalue weighted by Crippen LogP contribution is -2.38. The molecule has 1 rings (SSSR count). The molecule has 1 unspecified atom stereocenters. The van der Waals surface area contributed by atoms with Crippen LogP contribution in [0.25, 0.3) is 0 Å². The molecule has 0 aliphatic carbocycles. The van der Waals surface area contributed by atoms with Gasteiger partial charge in [0, 0.05) is 19.6 Å². The quantitative estimate of drug-likeness (QED) is 0.608. The summed E-state index contributed by atoms with van der Waals surface area (Å²) in [5.74, 6) is 0.363. The summed E-state index contributed by atoms with van der Waals surface area (Å²) in [6.45, 7) is 1.83. The highest BCUT2D eigenvalue weighted by Gasteiger charge is 2.27. The second-order valence-electron chi connectivity index (χ2n) is 3.48. The smallest absolute Gasteiger partial charge is 0.154 e. The molecule has 0 aromatic carbocycles. The van der Waals surface area contributed by atoms with Crippen molar-refractivity contribution in [2.24, 2.45) is 5.73 Å². The summed E-state index contributed by atoms with van der Waals surface area (Å²) in [6, 6.07) is 0. The predicted octanol–water partition coefficient (Wildman–Crippen LogP) is -0.498. The molecule has 78 valence electrons. The van der Waals surface area contributed by atoms with Gasteiger partial charge in [0.1, 0.15) is 0 Å². The molecular weight excluding hydrogens is 188 g/mol. The summed E-state index contributed by atoms with van der Waals surface area (Å²) >= 11 is 0. The first kappa shape index (κ1) is 10.9. The van der Waals surface area contributed by atoms with Crippen molar-refractivity contribution >= 4 is 9.84 Å². The van der Waals surface area contributed by atoms with Gasteiger partial charge in [-0.2, -0.15) is 0 Å². The zero-order valence-electron chi connectivity index (χ0n) is 7.83. The lowest BCUT2D eigenvalue weighted by molar-refractivity contribution is 0.522. The van der Waals surface area contributed by atoms with Crippen molar-refractivity contribution in [1.29, 1.82) is 0 Å². The Hall–Kier alpha value is -0.130. The van der Waals surface area contributed by atoms with Gasteiger partial charge in [0.2, 0.25) is 0 Å². The number of nitrogens with one attached hydrogen (secondary N) is 1. The normalized spacial score (nSPS) is 27.3. The first-order chi connectivity index (χ1) is 6.17. The van der Waals surface area contributed by atoms with E-state index in [1.165, 1.54) is 0 Å². The van der Waals surface area contributed by atoms with E-state index in [4.69, 9.17) is 5.73 Å². The number of rotatable bonds is 4. The molecule has 4 nitrogen and oxygen atoms in total. The van der Waals surface area contributed by atoms with Gasteiger partial charge in [-0.25, -0.2) is 8.42 Å². The van der Waals surface area contributed by atoms with E-state index in [1.54, 1.807) is 0 Å². The van der Waals surface area contributed by atoms with Crippen LogP contribution in [0.15, 0.2) is 0 Å². The topological polar surface area (TPSA) is 72.2 Å². The van der Waals surface area contributed by atoms with E-state index in [0.717, 1.165) is 19.3 Å². The van der Waals surface area contributed by atoms with Crippen LogP contribution in [-0.2, 0) is 9.84 Å². The molecule has 1 atom stereocenters. The summed E-state index contributed by atoms with van der Waals surface area (Å²) in [6.07, 6.45) is 2.67. The van der Waals surface area contributed by atoms with E-state index in [0.29, 0.717) is 25.4 Å². The molecule has 1 aliphatic rings. The van der Waals surface area contributed by atoms with Crippen LogP contribution >= 0.6 is 0 Å². The van der Waals surface area contributed by atoms with E-state index in [-0.39, 0.29) is 5.25 Å². The fraction of sp³-hybridized carbons (Fsp3) is 1.00. The van der Waals surface area contributed by atoms with Gasteiger partial charge >= 0.3 is 0 Å². The highest BCUT2D eigenvalue weighted by molar-refractivity contribution is 7.92. The van der Waals surface area contributed by atoms with E-state index in [1.807, 2.05) is 0 Å². The summed E-state index contributed by atoms with van der Waals surface area (Å²) in [5, 5.41) is 2.88.